The van der Waals surface area contributed by atoms with Gasteiger partial charge in [-0.1, -0.05) is 6.92 Å². The van der Waals surface area contributed by atoms with E-state index in [1.54, 1.807) is 0 Å². The highest BCUT2D eigenvalue weighted by Gasteiger charge is 2.19. The van der Waals surface area contributed by atoms with Crippen molar-refractivity contribution >= 4 is 0 Å². The first kappa shape index (κ1) is 11.4. The Morgan fingerprint density at radius 3 is 3.12 bits per heavy atom. The smallest absolute Gasteiger partial charge is 0.127 e. The lowest BCUT2D eigenvalue weighted by Crippen LogP contribution is -2.28. The van der Waals surface area contributed by atoms with Crippen molar-refractivity contribution in [1.29, 1.82) is 0 Å². The van der Waals surface area contributed by atoms with Crippen molar-refractivity contribution < 1.29 is 4.74 Å². The summed E-state index contributed by atoms with van der Waals surface area (Å²) in [7, 11) is 2.14. The molecule has 0 bridgehead atoms. The van der Waals surface area contributed by atoms with Gasteiger partial charge in [0.2, 0.25) is 0 Å². The molecule has 0 aromatic carbocycles. The Morgan fingerprint density at radius 2 is 2.38 bits per heavy atom. The van der Waals surface area contributed by atoms with E-state index < -0.39 is 0 Å². The van der Waals surface area contributed by atoms with Gasteiger partial charge in [-0.3, -0.25) is 4.98 Å². The molecule has 1 aromatic rings. The molecule has 2 heterocycles. The van der Waals surface area contributed by atoms with Crippen molar-refractivity contribution in [1.82, 2.24) is 9.88 Å². The van der Waals surface area contributed by atoms with Gasteiger partial charge in [0, 0.05) is 37.0 Å². The Morgan fingerprint density at radius 1 is 1.56 bits per heavy atom. The summed E-state index contributed by atoms with van der Waals surface area (Å²) in [4.78, 5) is 6.75. The average Bonchev–Trinajstić information content (AvgIpc) is 2.29. The molecular weight excluding hydrogens is 200 g/mol. The fourth-order valence-electron chi connectivity index (χ4n) is 1.96. The van der Waals surface area contributed by atoms with E-state index in [4.69, 9.17) is 4.74 Å². The predicted molar refractivity (Wildman–Crippen MR) is 64.7 cm³/mol. The summed E-state index contributed by atoms with van der Waals surface area (Å²) in [6.07, 6.45) is 4.21. The number of ether oxygens (including phenoxy) is 1. The maximum atomic E-state index is 5.94. The van der Waals surface area contributed by atoms with E-state index in [1.165, 1.54) is 11.3 Å². The van der Waals surface area contributed by atoms with Crippen molar-refractivity contribution in [3.63, 3.8) is 0 Å². The average molecular weight is 220 g/mol. The van der Waals surface area contributed by atoms with E-state index in [2.05, 4.69) is 30.8 Å². The molecule has 2 rings (SSSR count). The highest BCUT2D eigenvalue weighted by molar-refractivity contribution is 5.37. The lowest BCUT2D eigenvalue weighted by molar-refractivity contribution is 0.208. The Labute approximate surface area is 97.4 Å². The number of hydrogen-bond acceptors (Lipinski definition) is 3. The summed E-state index contributed by atoms with van der Waals surface area (Å²) in [5.74, 6) is 1.02. The Balaban J connectivity index is 2.25. The molecule has 0 saturated carbocycles. The quantitative estimate of drug-likeness (QED) is 0.781. The first-order valence-electron chi connectivity index (χ1n) is 6.02. The standard InChI is InChI=1S/C13H20N2O/c1-4-10(2)16-13-5-7-14-12-6-8-15(3)9-11(12)13/h5,7,10H,4,6,8-9H2,1-3H3. The van der Waals surface area contributed by atoms with E-state index in [0.717, 1.165) is 31.7 Å². The molecule has 1 unspecified atom stereocenters. The lowest BCUT2D eigenvalue weighted by Gasteiger charge is -2.26. The highest BCUT2D eigenvalue weighted by Crippen LogP contribution is 2.26. The lowest BCUT2D eigenvalue weighted by atomic mass is 10.1. The van der Waals surface area contributed by atoms with Gasteiger partial charge in [0.25, 0.3) is 0 Å². The van der Waals surface area contributed by atoms with Crippen LogP contribution in [0.1, 0.15) is 31.5 Å². The van der Waals surface area contributed by atoms with Crippen LogP contribution in [0, 0.1) is 0 Å². The SMILES string of the molecule is CCC(C)Oc1ccnc2c1CN(C)CC2. The second-order valence-electron chi connectivity index (χ2n) is 4.56. The zero-order chi connectivity index (χ0) is 11.5. The molecule has 1 aliphatic heterocycles. The van der Waals surface area contributed by atoms with Gasteiger partial charge in [-0.15, -0.1) is 0 Å². The maximum Gasteiger partial charge on any atom is 0.127 e. The van der Waals surface area contributed by atoms with Gasteiger partial charge in [-0.05, 0) is 26.5 Å². The minimum absolute atomic E-state index is 0.277. The number of likely N-dealkylation sites (N-methyl/N-ethyl adjacent to an activating group) is 1. The summed E-state index contributed by atoms with van der Waals surface area (Å²) in [6, 6.07) is 1.99. The summed E-state index contributed by atoms with van der Waals surface area (Å²) in [6.45, 7) is 6.30. The van der Waals surface area contributed by atoms with Crippen LogP contribution in [0.25, 0.3) is 0 Å². The summed E-state index contributed by atoms with van der Waals surface area (Å²) < 4.78 is 5.94. The largest absolute Gasteiger partial charge is 0.490 e. The van der Waals surface area contributed by atoms with E-state index in [-0.39, 0.29) is 6.10 Å². The van der Waals surface area contributed by atoms with Gasteiger partial charge in [0.15, 0.2) is 0 Å². The molecule has 1 atom stereocenters. The van der Waals surface area contributed by atoms with Crippen molar-refractivity contribution in [2.45, 2.75) is 39.3 Å². The van der Waals surface area contributed by atoms with E-state index in [1.807, 2.05) is 12.3 Å². The Hall–Kier alpha value is -1.09. The van der Waals surface area contributed by atoms with E-state index in [0.29, 0.717) is 0 Å². The van der Waals surface area contributed by atoms with Crippen LogP contribution >= 0.6 is 0 Å². The first-order valence-corrected chi connectivity index (χ1v) is 6.02. The number of pyridine rings is 1. The van der Waals surface area contributed by atoms with Crippen molar-refractivity contribution in [3.05, 3.63) is 23.5 Å². The molecule has 0 aliphatic carbocycles. The first-order chi connectivity index (χ1) is 7.70. The molecule has 0 spiro atoms. The highest BCUT2D eigenvalue weighted by atomic mass is 16.5. The number of aromatic nitrogens is 1. The third kappa shape index (κ3) is 2.35. The molecule has 0 N–H and O–H groups in total. The molecule has 0 saturated heterocycles. The Kier molecular flexibility index (Phi) is 3.44. The molecule has 1 aromatic heterocycles. The molecule has 0 fully saturated rings. The van der Waals surface area contributed by atoms with Gasteiger partial charge in [-0.25, -0.2) is 0 Å². The van der Waals surface area contributed by atoms with Crippen molar-refractivity contribution in [2.24, 2.45) is 0 Å². The fraction of sp³-hybridized carbons (Fsp3) is 0.615. The molecule has 3 nitrogen and oxygen atoms in total. The summed E-state index contributed by atoms with van der Waals surface area (Å²) in [5, 5.41) is 0. The number of hydrogen-bond donors (Lipinski definition) is 0. The van der Waals surface area contributed by atoms with Gasteiger partial charge in [-0.2, -0.15) is 0 Å². The number of fused-ring (bicyclic) bond motifs is 1. The van der Waals surface area contributed by atoms with Crippen LogP contribution in [0.5, 0.6) is 5.75 Å². The van der Waals surface area contributed by atoms with Gasteiger partial charge in [0.05, 0.1) is 6.10 Å². The number of rotatable bonds is 3. The third-order valence-corrected chi connectivity index (χ3v) is 3.16. The minimum Gasteiger partial charge on any atom is -0.490 e. The topological polar surface area (TPSA) is 25.4 Å². The molecule has 0 radical (unpaired) electrons. The van der Waals surface area contributed by atoms with Crippen molar-refractivity contribution in [3.8, 4) is 5.75 Å². The van der Waals surface area contributed by atoms with Crippen LogP contribution in [-0.4, -0.2) is 29.6 Å². The van der Waals surface area contributed by atoms with Crippen LogP contribution in [0.2, 0.25) is 0 Å². The zero-order valence-corrected chi connectivity index (χ0v) is 10.4. The van der Waals surface area contributed by atoms with Crippen LogP contribution in [0.4, 0.5) is 0 Å². The van der Waals surface area contributed by atoms with Crippen LogP contribution in [-0.2, 0) is 13.0 Å². The van der Waals surface area contributed by atoms with Crippen LogP contribution in [0.3, 0.4) is 0 Å². The maximum absolute atomic E-state index is 5.94. The summed E-state index contributed by atoms with van der Waals surface area (Å²) in [5.41, 5.74) is 2.48. The normalized spacial score (nSPS) is 17.9. The zero-order valence-electron chi connectivity index (χ0n) is 10.4. The molecular formula is C13H20N2O. The molecule has 3 heteroatoms. The van der Waals surface area contributed by atoms with Gasteiger partial charge >= 0.3 is 0 Å². The van der Waals surface area contributed by atoms with E-state index >= 15 is 0 Å². The van der Waals surface area contributed by atoms with Gasteiger partial charge < -0.3 is 9.64 Å². The van der Waals surface area contributed by atoms with E-state index in [9.17, 15) is 0 Å². The minimum atomic E-state index is 0.277. The predicted octanol–water partition coefficient (Wildman–Crippen LogP) is 2.25. The Bertz CT molecular complexity index is 365. The summed E-state index contributed by atoms with van der Waals surface area (Å²) >= 11 is 0. The molecule has 1 aliphatic rings. The molecule has 0 amide bonds. The number of nitrogens with zero attached hydrogens (tertiary/aromatic N) is 2. The second-order valence-corrected chi connectivity index (χ2v) is 4.56. The van der Waals surface area contributed by atoms with Gasteiger partial charge in [0.1, 0.15) is 5.75 Å². The van der Waals surface area contributed by atoms with Crippen LogP contribution in [0.15, 0.2) is 12.3 Å². The third-order valence-electron chi connectivity index (χ3n) is 3.16. The second kappa shape index (κ2) is 4.83. The fourth-order valence-corrected chi connectivity index (χ4v) is 1.96. The van der Waals surface area contributed by atoms with Crippen LogP contribution < -0.4 is 4.74 Å². The monoisotopic (exact) mass is 220 g/mol. The van der Waals surface area contributed by atoms with Crippen molar-refractivity contribution in [2.75, 3.05) is 13.6 Å². The molecule has 88 valence electrons. The molecule has 16 heavy (non-hydrogen) atoms.